The Balaban J connectivity index is 1.92. The van der Waals surface area contributed by atoms with Crippen molar-refractivity contribution in [2.24, 2.45) is 5.41 Å². The lowest BCUT2D eigenvalue weighted by atomic mass is 9.77. The van der Waals surface area contributed by atoms with Crippen LogP contribution >= 0.6 is 0 Å². The van der Waals surface area contributed by atoms with E-state index in [4.69, 9.17) is 0 Å². The van der Waals surface area contributed by atoms with Gasteiger partial charge in [-0.05, 0) is 62.1 Å². The summed E-state index contributed by atoms with van der Waals surface area (Å²) in [5, 5.41) is 12.6. The third-order valence-corrected chi connectivity index (χ3v) is 5.45. The Morgan fingerprint density at radius 2 is 1.78 bits per heavy atom. The van der Waals surface area contributed by atoms with E-state index in [-0.39, 0.29) is 18.1 Å². The Labute approximate surface area is 139 Å². The zero-order valence-electron chi connectivity index (χ0n) is 14.9. The van der Waals surface area contributed by atoms with Gasteiger partial charge in [0.1, 0.15) is 0 Å². The standard InChI is InChI=1S/C19H30N2O2/c1-5-19(13-22)6-8-21(9-7-19)18(23)20-12-17-15(3)10-14(2)11-16(17)4/h10-11,22H,5-9,12-13H2,1-4H3,(H,20,23). The summed E-state index contributed by atoms with van der Waals surface area (Å²) in [6.45, 7) is 10.7. The van der Waals surface area contributed by atoms with Gasteiger partial charge in [-0.15, -0.1) is 0 Å². The molecule has 2 amide bonds. The van der Waals surface area contributed by atoms with E-state index in [1.54, 1.807) is 0 Å². The van der Waals surface area contributed by atoms with Crippen molar-refractivity contribution in [1.82, 2.24) is 10.2 Å². The van der Waals surface area contributed by atoms with Gasteiger partial charge < -0.3 is 15.3 Å². The number of carbonyl (C=O) groups is 1. The first-order valence-corrected chi connectivity index (χ1v) is 8.61. The summed E-state index contributed by atoms with van der Waals surface area (Å²) < 4.78 is 0. The number of rotatable bonds is 4. The van der Waals surface area contributed by atoms with Crippen molar-refractivity contribution in [2.75, 3.05) is 19.7 Å². The van der Waals surface area contributed by atoms with E-state index >= 15 is 0 Å². The molecule has 4 heteroatoms. The molecule has 1 saturated heterocycles. The van der Waals surface area contributed by atoms with Crippen LogP contribution in [0.25, 0.3) is 0 Å². The number of nitrogens with zero attached hydrogens (tertiary/aromatic N) is 1. The van der Waals surface area contributed by atoms with Gasteiger partial charge in [-0.3, -0.25) is 0 Å². The van der Waals surface area contributed by atoms with Gasteiger partial charge in [-0.25, -0.2) is 4.79 Å². The maximum Gasteiger partial charge on any atom is 0.317 e. The molecule has 0 bridgehead atoms. The molecule has 4 nitrogen and oxygen atoms in total. The van der Waals surface area contributed by atoms with Crippen LogP contribution in [-0.4, -0.2) is 35.7 Å². The second kappa shape index (κ2) is 7.35. The van der Waals surface area contributed by atoms with Crippen LogP contribution < -0.4 is 5.32 Å². The number of nitrogens with one attached hydrogen (secondary N) is 1. The number of aliphatic hydroxyl groups excluding tert-OH is 1. The van der Waals surface area contributed by atoms with Crippen molar-refractivity contribution in [3.63, 3.8) is 0 Å². The predicted octanol–water partition coefficient (Wildman–Crippen LogP) is 3.31. The fourth-order valence-corrected chi connectivity index (χ4v) is 3.57. The third kappa shape index (κ3) is 4.05. The summed E-state index contributed by atoms with van der Waals surface area (Å²) in [7, 11) is 0. The molecule has 0 radical (unpaired) electrons. The van der Waals surface area contributed by atoms with Gasteiger partial charge in [-0.2, -0.15) is 0 Å². The van der Waals surface area contributed by atoms with Crippen molar-refractivity contribution in [3.05, 3.63) is 34.4 Å². The number of amides is 2. The molecule has 0 spiro atoms. The Hall–Kier alpha value is -1.55. The second-order valence-electron chi connectivity index (χ2n) is 7.03. The van der Waals surface area contributed by atoms with Crippen LogP contribution in [0.15, 0.2) is 12.1 Å². The quantitative estimate of drug-likeness (QED) is 0.895. The molecule has 1 aromatic carbocycles. The van der Waals surface area contributed by atoms with E-state index in [9.17, 15) is 9.90 Å². The van der Waals surface area contributed by atoms with Gasteiger partial charge in [0.25, 0.3) is 0 Å². The van der Waals surface area contributed by atoms with Crippen LogP contribution in [0.3, 0.4) is 0 Å². The monoisotopic (exact) mass is 318 g/mol. The minimum Gasteiger partial charge on any atom is -0.396 e. The molecule has 1 heterocycles. The van der Waals surface area contributed by atoms with E-state index in [1.165, 1.54) is 22.3 Å². The topological polar surface area (TPSA) is 52.6 Å². The summed E-state index contributed by atoms with van der Waals surface area (Å²) >= 11 is 0. The second-order valence-corrected chi connectivity index (χ2v) is 7.03. The fourth-order valence-electron chi connectivity index (χ4n) is 3.57. The Kier molecular flexibility index (Phi) is 5.69. The molecule has 0 unspecified atom stereocenters. The van der Waals surface area contributed by atoms with Crippen LogP contribution in [0.4, 0.5) is 4.79 Å². The Morgan fingerprint density at radius 1 is 1.22 bits per heavy atom. The number of hydrogen-bond donors (Lipinski definition) is 2. The van der Waals surface area contributed by atoms with Crippen LogP contribution in [-0.2, 0) is 6.54 Å². The van der Waals surface area contributed by atoms with Crippen molar-refractivity contribution < 1.29 is 9.90 Å². The molecule has 0 aromatic heterocycles. The summed E-state index contributed by atoms with van der Waals surface area (Å²) in [6, 6.07) is 4.32. The normalized spacial score (nSPS) is 17.2. The number of piperidine rings is 1. The zero-order chi connectivity index (χ0) is 17.0. The highest BCUT2D eigenvalue weighted by Gasteiger charge is 2.33. The lowest BCUT2D eigenvalue weighted by Crippen LogP contribution is -2.48. The van der Waals surface area contributed by atoms with Crippen LogP contribution in [0.5, 0.6) is 0 Å². The molecule has 128 valence electrons. The van der Waals surface area contributed by atoms with Crippen molar-refractivity contribution in [2.45, 2.75) is 53.5 Å². The van der Waals surface area contributed by atoms with Crippen molar-refractivity contribution >= 4 is 6.03 Å². The molecule has 1 aromatic rings. The molecule has 1 fully saturated rings. The van der Waals surface area contributed by atoms with E-state index in [2.05, 4.69) is 45.1 Å². The summed E-state index contributed by atoms with van der Waals surface area (Å²) in [4.78, 5) is 14.3. The predicted molar refractivity (Wildman–Crippen MR) is 93.5 cm³/mol. The van der Waals surface area contributed by atoms with E-state index in [1.807, 2.05) is 4.90 Å². The first-order valence-electron chi connectivity index (χ1n) is 8.61. The highest BCUT2D eigenvalue weighted by molar-refractivity contribution is 5.74. The van der Waals surface area contributed by atoms with Gasteiger partial charge in [-0.1, -0.05) is 24.6 Å². The van der Waals surface area contributed by atoms with Gasteiger partial charge in [0.2, 0.25) is 0 Å². The number of aliphatic hydroxyl groups is 1. The number of aryl methyl sites for hydroxylation is 3. The van der Waals surface area contributed by atoms with Crippen molar-refractivity contribution in [1.29, 1.82) is 0 Å². The number of hydrogen-bond acceptors (Lipinski definition) is 2. The van der Waals surface area contributed by atoms with Gasteiger partial charge in [0, 0.05) is 26.2 Å². The molecular weight excluding hydrogens is 288 g/mol. The highest BCUT2D eigenvalue weighted by Crippen LogP contribution is 2.34. The van der Waals surface area contributed by atoms with E-state index in [0.717, 1.165) is 32.4 Å². The summed E-state index contributed by atoms with van der Waals surface area (Å²) in [5.74, 6) is 0. The van der Waals surface area contributed by atoms with Gasteiger partial charge in [0.05, 0.1) is 0 Å². The Morgan fingerprint density at radius 3 is 2.26 bits per heavy atom. The van der Waals surface area contributed by atoms with Gasteiger partial charge in [0.15, 0.2) is 0 Å². The number of urea groups is 1. The highest BCUT2D eigenvalue weighted by atomic mass is 16.3. The Bertz CT molecular complexity index is 531. The summed E-state index contributed by atoms with van der Waals surface area (Å²) in [6.07, 6.45) is 2.74. The summed E-state index contributed by atoms with van der Waals surface area (Å²) in [5.41, 5.74) is 4.93. The molecule has 0 aliphatic carbocycles. The molecule has 1 aliphatic rings. The zero-order valence-corrected chi connectivity index (χ0v) is 14.9. The lowest BCUT2D eigenvalue weighted by Gasteiger charge is -2.40. The van der Waals surface area contributed by atoms with Crippen LogP contribution in [0, 0.1) is 26.2 Å². The molecule has 0 atom stereocenters. The van der Waals surface area contributed by atoms with Crippen LogP contribution in [0.2, 0.25) is 0 Å². The first-order chi connectivity index (χ1) is 10.9. The number of carbonyl (C=O) groups excluding carboxylic acids is 1. The van der Waals surface area contributed by atoms with Crippen molar-refractivity contribution in [3.8, 4) is 0 Å². The molecule has 2 N–H and O–H groups in total. The average Bonchev–Trinajstić information content (AvgIpc) is 2.53. The number of benzene rings is 1. The third-order valence-electron chi connectivity index (χ3n) is 5.45. The van der Waals surface area contributed by atoms with E-state index in [0.29, 0.717) is 6.54 Å². The molecular formula is C19H30N2O2. The minimum absolute atomic E-state index is 0.00650. The molecule has 1 aliphatic heterocycles. The SMILES string of the molecule is CCC1(CO)CCN(C(=O)NCc2c(C)cc(C)cc2C)CC1. The van der Waals surface area contributed by atoms with Crippen LogP contribution in [0.1, 0.15) is 48.4 Å². The van der Waals surface area contributed by atoms with Gasteiger partial charge >= 0.3 is 6.03 Å². The fraction of sp³-hybridized carbons (Fsp3) is 0.632. The largest absolute Gasteiger partial charge is 0.396 e. The smallest absolute Gasteiger partial charge is 0.317 e. The van der Waals surface area contributed by atoms with E-state index < -0.39 is 0 Å². The maximum atomic E-state index is 12.4. The maximum absolute atomic E-state index is 12.4. The molecule has 2 rings (SSSR count). The lowest BCUT2D eigenvalue weighted by molar-refractivity contribution is 0.0519. The minimum atomic E-state index is 0.00650. The molecule has 0 saturated carbocycles. The molecule has 23 heavy (non-hydrogen) atoms. The number of likely N-dealkylation sites (tertiary alicyclic amines) is 1. The average molecular weight is 318 g/mol. The first kappa shape index (κ1) is 17.8.